The zero-order chi connectivity index (χ0) is 27.1. The van der Waals surface area contributed by atoms with Gasteiger partial charge in [-0.1, -0.05) is 5.16 Å². The highest BCUT2D eigenvalue weighted by molar-refractivity contribution is 5.95. The summed E-state index contributed by atoms with van der Waals surface area (Å²) < 4.78 is 21.3. The van der Waals surface area contributed by atoms with Crippen LogP contribution in [0.2, 0.25) is 0 Å². The SMILES string of the molecule is COCCCOc1cc(C(=O)N(C[C@H]2CNC[C@H]2CN(C(=O)c2ccon2)C2CC2)C(C)C)ccc1OC. The lowest BCUT2D eigenvalue weighted by Crippen LogP contribution is -2.45. The molecule has 10 nitrogen and oxygen atoms in total. The van der Waals surface area contributed by atoms with Crippen LogP contribution < -0.4 is 14.8 Å². The molecule has 2 fully saturated rings. The Labute approximate surface area is 224 Å². The van der Waals surface area contributed by atoms with Gasteiger partial charge in [0.2, 0.25) is 0 Å². The fourth-order valence-electron chi connectivity index (χ4n) is 4.98. The van der Waals surface area contributed by atoms with Gasteiger partial charge in [0.25, 0.3) is 11.8 Å². The normalized spacial score (nSPS) is 19.0. The molecule has 0 unspecified atom stereocenters. The zero-order valence-electron chi connectivity index (χ0n) is 22.9. The molecule has 1 saturated heterocycles. The van der Waals surface area contributed by atoms with Crippen molar-refractivity contribution in [3.63, 3.8) is 0 Å². The van der Waals surface area contributed by atoms with E-state index in [-0.39, 0.29) is 35.7 Å². The smallest absolute Gasteiger partial charge is 0.276 e. The van der Waals surface area contributed by atoms with Crippen molar-refractivity contribution in [1.29, 1.82) is 0 Å². The van der Waals surface area contributed by atoms with Crippen LogP contribution in [0.4, 0.5) is 0 Å². The van der Waals surface area contributed by atoms with Crippen LogP contribution in [-0.2, 0) is 4.74 Å². The second-order valence-corrected chi connectivity index (χ2v) is 10.4. The highest BCUT2D eigenvalue weighted by Gasteiger charge is 2.39. The summed E-state index contributed by atoms with van der Waals surface area (Å²) in [6, 6.07) is 7.21. The van der Waals surface area contributed by atoms with Gasteiger partial charge in [-0.2, -0.15) is 0 Å². The Bertz CT molecular complexity index is 1060. The van der Waals surface area contributed by atoms with E-state index in [0.29, 0.717) is 49.1 Å². The van der Waals surface area contributed by atoms with Crippen LogP contribution in [0, 0.1) is 11.8 Å². The van der Waals surface area contributed by atoms with Gasteiger partial charge >= 0.3 is 0 Å². The van der Waals surface area contributed by atoms with Gasteiger partial charge in [-0.3, -0.25) is 9.59 Å². The maximum Gasteiger partial charge on any atom is 0.276 e. The molecule has 38 heavy (non-hydrogen) atoms. The van der Waals surface area contributed by atoms with Gasteiger partial charge in [-0.15, -0.1) is 0 Å². The van der Waals surface area contributed by atoms with E-state index in [1.165, 1.54) is 6.26 Å². The van der Waals surface area contributed by atoms with Gasteiger partial charge in [0.05, 0.1) is 13.7 Å². The van der Waals surface area contributed by atoms with Crippen LogP contribution in [-0.4, -0.2) is 92.5 Å². The van der Waals surface area contributed by atoms with Crippen LogP contribution in [0.3, 0.4) is 0 Å². The van der Waals surface area contributed by atoms with Gasteiger partial charge in [-0.05, 0) is 56.7 Å². The molecule has 2 heterocycles. The molecule has 1 N–H and O–H groups in total. The number of nitrogens with zero attached hydrogens (tertiary/aromatic N) is 3. The third-order valence-electron chi connectivity index (χ3n) is 7.29. The maximum absolute atomic E-state index is 13.7. The molecule has 0 bridgehead atoms. The van der Waals surface area contributed by atoms with Crippen molar-refractivity contribution in [3.8, 4) is 11.5 Å². The average molecular weight is 529 g/mol. The third-order valence-corrected chi connectivity index (χ3v) is 7.29. The van der Waals surface area contributed by atoms with Crippen LogP contribution in [0.25, 0.3) is 0 Å². The second kappa shape index (κ2) is 13.1. The Morgan fingerprint density at radius 1 is 1.05 bits per heavy atom. The number of rotatable bonds is 14. The molecule has 2 atom stereocenters. The molecule has 2 aromatic rings. The molecule has 1 aliphatic carbocycles. The summed E-state index contributed by atoms with van der Waals surface area (Å²) in [5.74, 6) is 1.46. The van der Waals surface area contributed by atoms with Crippen molar-refractivity contribution in [2.24, 2.45) is 11.8 Å². The first kappa shape index (κ1) is 27.9. The summed E-state index contributed by atoms with van der Waals surface area (Å²) in [5.41, 5.74) is 0.905. The lowest BCUT2D eigenvalue weighted by molar-refractivity contribution is 0.0609. The highest BCUT2D eigenvalue weighted by atomic mass is 16.5. The van der Waals surface area contributed by atoms with Crippen molar-refractivity contribution in [2.45, 2.75) is 45.2 Å². The van der Waals surface area contributed by atoms with Crippen LogP contribution >= 0.6 is 0 Å². The first-order valence-corrected chi connectivity index (χ1v) is 13.5. The first-order valence-electron chi connectivity index (χ1n) is 13.5. The van der Waals surface area contributed by atoms with Gasteiger partial charge in [0, 0.05) is 70.0 Å². The number of hydrogen-bond acceptors (Lipinski definition) is 8. The number of benzene rings is 1. The highest BCUT2D eigenvalue weighted by Crippen LogP contribution is 2.32. The molecule has 10 heteroatoms. The standard InChI is InChI=1S/C28H40N4O6/c1-19(2)31(27(33)20-6-9-25(36-4)26(14-20)37-12-5-11-35-3)17-21-15-29-16-22(21)18-32(23-7-8-23)28(34)24-10-13-38-30-24/h6,9-10,13-14,19,21-23,29H,5,7-8,11-12,15-18H2,1-4H3/t21-,22+/m1/s1. The van der Waals surface area contributed by atoms with Crippen LogP contribution in [0.15, 0.2) is 35.1 Å². The minimum absolute atomic E-state index is 0.00761. The number of amides is 2. The second-order valence-electron chi connectivity index (χ2n) is 10.4. The Hall–Kier alpha value is -3.11. The van der Waals surface area contributed by atoms with Crippen molar-refractivity contribution >= 4 is 11.8 Å². The first-order chi connectivity index (χ1) is 18.4. The van der Waals surface area contributed by atoms with Gasteiger partial charge in [-0.25, -0.2) is 0 Å². The molecule has 0 spiro atoms. The number of nitrogens with one attached hydrogen (secondary N) is 1. The van der Waals surface area contributed by atoms with E-state index in [0.717, 1.165) is 32.4 Å². The maximum atomic E-state index is 13.7. The quantitative estimate of drug-likeness (QED) is 0.373. The monoisotopic (exact) mass is 528 g/mol. The van der Waals surface area contributed by atoms with E-state index in [1.54, 1.807) is 38.5 Å². The largest absolute Gasteiger partial charge is 0.493 e. The molecular formula is C28H40N4O6. The fourth-order valence-corrected chi connectivity index (χ4v) is 4.98. The molecule has 4 rings (SSSR count). The van der Waals surface area contributed by atoms with E-state index in [4.69, 9.17) is 18.7 Å². The summed E-state index contributed by atoms with van der Waals surface area (Å²) in [4.78, 5) is 30.7. The number of methoxy groups -OCH3 is 2. The van der Waals surface area contributed by atoms with Gasteiger partial charge < -0.3 is 33.9 Å². The molecule has 1 aromatic carbocycles. The molecule has 1 saturated carbocycles. The summed E-state index contributed by atoms with van der Waals surface area (Å²) in [5, 5.41) is 7.34. The number of carbonyl (C=O) groups excluding carboxylic acids is 2. The summed E-state index contributed by atoms with van der Waals surface area (Å²) in [6.45, 7) is 7.97. The predicted octanol–water partition coefficient (Wildman–Crippen LogP) is 3.09. The number of carbonyl (C=O) groups is 2. The topological polar surface area (TPSA) is 106 Å². The molecular weight excluding hydrogens is 488 g/mol. The van der Waals surface area contributed by atoms with Crippen molar-refractivity contribution in [3.05, 3.63) is 41.8 Å². The number of ether oxygens (including phenoxy) is 3. The number of aromatic nitrogens is 1. The van der Waals surface area contributed by atoms with E-state index in [2.05, 4.69) is 10.5 Å². The van der Waals surface area contributed by atoms with E-state index >= 15 is 0 Å². The Morgan fingerprint density at radius 2 is 1.82 bits per heavy atom. The third kappa shape index (κ3) is 6.85. The molecule has 2 aliphatic rings. The molecule has 0 radical (unpaired) electrons. The molecule has 1 aliphatic heterocycles. The Morgan fingerprint density at radius 3 is 2.45 bits per heavy atom. The lowest BCUT2D eigenvalue weighted by Gasteiger charge is -2.33. The number of hydrogen-bond donors (Lipinski definition) is 1. The Balaban J connectivity index is 1.45. The van der Waals surface area contributed by atoms with Crippen molar-refractivity contribution < 1.29 is 28.3 Å². The minimum Gasteiger partial charge on any atom is -0.493 e. The molecule has 208 valence electrons. The van der Waals surface area contributed by atoms with Gasteiger partial charge in [0.1, 0.15) is 6.26 Å². The van der Waals surface area contributed by atoms with E-state index in [9.17, 15) is 9.59 Å². The Kier molecular flexibility index (Phi) is 9.63. The predicted molar refractivity (Wildman–Crippen MR) is 142 cm³/mol. The molecule has 1 aromatic heterocycles. The zero-order valence-corrected chi connectivity index (χ0v) is 22.9. The molecule has 2 amide bonds. The summed E-state index contributed by atoms with van der Waals surface area (Å²) >= 11 is 0. The summed E-state index contributed by atoms with van der Waals surface area (Å²) in [7, 11) is 3.24. The van der Waals surface area contributed by atoms with Crippen LogP contribution in [0.5, 0.6) is 11.5 Å². The van der Waals surface area contributed by atoms with Crippen molar-refractivity contribution in [1.82, 2.24) is 20.3 Å². The van der Waals surface area contributed by atoms with Crippen molar-refractivity contribution in [2.75, 3.05) is 53.6 Å². The van der Waals surface area contributed by atoms with E-state index < -0.39 is 0 Å². The minimum atomic E-state index is -0.0834. The fraction of sp³-hybridized carbons (Fsp3) is 0.607. The lowest BCUT2D eigenvalue weighted by atomic mass is 9.93. The summed E-state index contributed by atoms with van der Waals surface area (Å²) in [6.07, 6.45) is 4.19. The van der Waals surface area contributed by atoms with Crippen LogP contribution in [0.1, 0.15) is 54.0 Å². The van der Waals surface area contributed by atoms with Gasteiger partial charge in [0.15, 0.2) is 17.2 Å². The average Bonchev–Trinajstić information content (AvgIpc) is 3.41. The van der Waals surface area contributed by atoms with E-state index in [1.807, 2.05) is 23.6 Å².